The predicted octanol–water partition coefficient (Wildman–Crippen LogP) is 2.28. The number of Topliss-reactive ketones (excluding diaryl/α,β-unsaturated/α-hetero) is 1. The molecule has 1 aromatic carbocycles. The van der Waals surface area contributed by atoms with Gasteiger partial charge in [0.2, 0.25) is 9.05 Å². The van der Waals surface area contributed by atoms with Crippen molar-refractivity contribution in [3.05, 3.63) is 35.1 Å². The van der Waals surface area contributed by atoms with E-state index in [0.717, 1.165) is 0 Å². The Bertz CT molecular complexity index is 511. The Hall–Kier alpha value is -0.940. The Morgan fingerprint density at radius 3 is 2.56 bits per heavy atom. The van der Waals surface area contributed by atoms with Gasteiger partial charge in [-0.15, -0.1) is 0 Å². The summed E-state index contributed by atoms with van der Waals surface area (Å²) in [5.74, 6) is -1.18. The number of aryl methyl sites for hydroxylation is 1. The van der Waals surface area contributed by atoms with Crippen LogP contribution in [0.4, 0.5) is 4.39 Å². The third-order valence-electron chi connectivity index (χ3n) is 2.05. The molecule has 1 aromatic rings. The summed E-state index contributed by atoms with van der Waals surface area (Å²) in [5.41, 5.74) is 0.638. The van der Waals surface area contributed by atoms with Crippen LogP contribution in [0, 0.1) is 12.7 Å². The Labute approximate surface area is 97.7 Å². The Morgan fingerprint density at radius 2 is 2.06 bits per heavy atom. The first-order valence-electron chi connectivity index (χ1n) is 4.51. The Morgan fingerprint density at radius 1 is 1.44 bits per heavy atom. The van der Waals surface area contributed by atoms with Gasteiger partial charge >= 0.3 is 0 Å². The first kappa shape index (κ1) is 13.1. The predicted molar refractivity (Wildman–Crippen MR) is 59.7 cm³/mol. The fraction of sp³-hybridized carbons (Fsp3) is 0.300. The maximum atomic E-state index is 12.9. The maximum absolute atomic E-state index is 12.9. The molecule has 0 unspecified atom stereocenters. The van der Waals surface area contributed by atoms with E-state index in [1.165, 1.54) is 25.1 Å². The molecule has 1 rings (SSSR count). The molecule has 0 bridgehead atoms. The topological polar surface area (TPSA) is 51.2 Å². The first-order chi connectivity index (χ1) is 7.29. The van der Waals surface area contributed by atoms with Crippen LogP contribution in [0.25, 0.3) is 0 Å². The minimum atomic E-state index is -3.67. The highest BCUT2D eigenvalue weighted by molar-refractivity contribution is 8.13. The van der Waals surface area contributed by atoms with Crippen molar-refractivity contribution in [3.8, 4) is 0 Å². The number of carbonyl (C=O) groups is 1. The van der Waals surface area contributed by atoms with Gasteiger partial charge in [0.1, 0.15) is 5.82 Å². The van der Waals surface area contributed by atoms with Crippen LogP contribution in [0.3, 0.4) is 0 Å². The van der Waals surface area contributed by atoms with Gasteiger partial charge in [0, 0.05) is 22.7 Å². The van der Waals surface area contributed by atoms with Crippen LogP contribution in [0.1, 0.15) is 22.3 Å². The van der Waals surface area contributed by atoms with E-state index in [1.54, 1.807) is 0 Å². The van der Waals surface area contributed by atoms with Gasteiger partial charge in [0.05, 0.1) is 5.75 Å². The number of benzene rings is 1. The molecule has 88 valence electrons. The molecule has 0 N–H and O–H groups in total. The highest BCUT2D eigenvalue weighted by Crippen LogP contribution is 2.12. The van der Waals surface area contributed by atoms with Crippen LogP contribution in [-0.4, -0.2) is 20.0 Å². The number of hydrogen-bond acceptors (Lipinski definition) is 3. The summed E-state index contributed by atoms with van der Waals surface area (Å²) in [7, 11) is 1.31. The zero-order chi connectivity index (χ0) is 12.3. The van der Waals surface area contributed by atoms with Crippen LogP contribution in [0.2, 0.25) is 0 Å². The molecule has 0 heterocycles. The van der Waals surface area contributed by atoms with Crippen molar-refractivity contribution in [2.45, 2.75) is 13.3 Å². The molecule has 6 heteroatoms. The maximum Gasteiger partial charge on any atom is 0.233 e. The van der Waals surface area contributed by atoms with Crippen molar-refractivity contribution < 1.29 is 17.6 Å². The molecule has 0 saturated heterocycles. The number of carbonyl (C=O) groups excluding carboxylic acids is 1. The van der Waals surface area contributed by atoms with E-state index >= 15 is 0 Å². The second kappa shape index (κ2) is 4.93. The summed E-state index contributed by atoms with van der Waals surface area (Å²) in [6.45, 7) is 1.53. The van der Waals surface area contributed by atoms with E-state index in [-0.39, 0.29) is 12.2 Å². The van der Waals surface area contributed by atoms with E-state index < -0.39 is 20.6 Å². The third kappa shape index (κ3) is 3.90. The molecule has 0 fully saturated rings. The molecular formula is C10H10ClFO3S. The third-order valence-corrected chi connectivity index (χ3v) is 3.21. The molecule has 3 nitrogen and oxygen atoms in total. The molecule has 0 aliphatic rings. The lowest BCUT2D eigenvalue weighted by Crippen LogP contribution is -2.07. The fourth-order valence-electron chi connectivity index (χ4n) is 1.18. The molecule has 0 aliphatic carbocycles. The minimum absolute atomic E-state index is 0.198. The normalized spacial score (nSPS) is 11.4. The number of halogens is 2. The first-order valence-corrected chi connectivity index (χ1v) is 6.99. The van der Waals surface area contributed by atoms with Crippen LogP contribution >= 0.6 is 10.7 Å². The molecule has 0 spiro atoms. The van der Waals surface area contributed by atoms with Gasteiger partial charge in [-0.3, -0.25) is 4.79 Å². The average Bonchev–Trinajstić information content (AvgIpc) is 2.17. The van der Waals surface area contributed by atoms with Gasteiger partial charge in [-0.1, -0.05) is 0 Å². The quantitative estimate of drug-likeness (QED) is 0.619. The molecule has 0 radical (unpaired) electrons. The van der Waals surface area contributed by atoms with Gasteiger partial charge in [0.25, 0.3) is 0 Å². The van der Waals surface area contributed by atoms with E-state index in [0.29, 0.717) is 11.1 Å². The summed E-state index contributed by atoms with van der Waals surface area (Å²) in [4.78, 5) is 11.5. The van der Waals surface area contributed by atoms with Crippen LogP contribution in [0.15, 0.2) is 18.2 Å². The van der Waals surface area contributed by atoms with Gasteiger partial charge in [-0.05, 0) is 30.7 Å². The lowest BCUT2D eigenvalue weighted by molar-refractivity contribution is 0.0989. The van der Waals surface area contributed by atoms with Crippen LogP contribution in [-0.2, 0) is 9.05 Å². The van der Waals surface area contributed by atoms with E-state index in [4.69, 9.17) is 10.7 Å². The Kier molecular flexibility index (Phi) is 4.04. The van der Waals surface area contributed by atoms with Crippen molar-refractivity contribution >= 4 is 25.5 Å². The van der Waals surface area contributed by atoms with Gasteiger partial charge in [-0.25, -0.2) is 12.8 Å². The van der Waals surface area contributed by atoms with Crippen LogP contribution < -0.4 is 0 Å². The standard InChI is InChI=1S/C10H10ClFO3S/c1-7-6-8(2-3-9(7)12)10(13)4-5-16(11,14)15/h2-3,6H,4-5H2,1H3. The van der Waals surface area contributed by atoms with Gasteiger partial charge in [0.15, 0.2) is 5.78 Å². The van der Waals surface area contributed by atoms with Crippen molar-refractivity contribution in [2.75, 3.05) is 5.75 Å². The monoisotopic (exact) mass is 264 g/mol. The number of ketones is 1. The zero-order valence-electron chi connectivity index (χ0n) is 8.54. The van der Waals surface area contributed by atoms with Crippen molar-refractivity contribution in [1.29, 1.82) is 0 Å². The molecule has 0 atom stereocenters. The lowest BCUT2D eigenvalue weighted by atomic mass is 10.1. The highest BCUT2D eigenvalue weighted by Gasteiger charge is 2.12. The smallest absolute Gasteiger partial charge is 0.233 e. The summed E-state index contributed by atoms with van der Waals surface area (Å²) in [5, 5.41) is 0. The van der Waals surface area contributed by atoms with Crippen LogP contribution in [0.5, 0.6) is 0 Å². The number of rotatable bonds is 4. The van der Waals surface area contributed by atoms with Crippen molar-refractivity contribution in [1.82, 2.24) is 0 Å². The second-order valence-corrected chi connectivity index (χ2v) is 6.28. The molecular weight excluding hydrogens is 255 g/mol. The molecule has 0 aliphatic heterocycles. The zero-order valence-corrected chi connectivity index (χ0v) is 10.1. The summed E-state index contributed by atoms with van der Waals surface area (Å²) in [6.07, 6.45) is -0.198. The van der Waals surface area contributed by atoms with E-state index in [2.05, 4.69) is 0 Å². The van der Waals surface area contributed by atoms with Crippen molar-refractivity contribution in [3.63, 3.8) is 0 Å². The Balaban J connectivity index is 2.78. The molecule has 0 amide bonds. The number of hydrogen-bond donors (Lipinski definition) is 0. The van der Waals surface area contributed by atoms with Crippen molar-refractivity contribution in [2.24, 2.45) is 0 Å². The summed E-state index contributed by atoms with van der Waals surface area (Å²) < 4.78 is 34.2. The lowest BCUT2D eigenvalue weighted by Gasteiger charge is -2.02. The van der Waals surface area contributed by atoms with Gasteiger partial charge in [-0.2, -0.15) is 0 Å². The van der Waals surface area contributed by atoms with Gasteiger partial charge < -0.3 is 0 Å². The SMILES string of the molecule is Cc1cc(C(=O)CCS(=O)(=O)Cl)ccc1F. The highest BCUT2D eigenvalue weighted by atomic mass is 35.7. The second-order valence-electron chi connectivity index (χ2n) is 3.38. The molecule has 16 heavy (non-hydrogen) atoms. The molecule has 0 saturated carbocycles. The fourth-order valence-corrected chi connectivity index (χ4v) is 1.84. The summed E-state index contributed by atoms with van der Waals surface area (Å²) in [6, 6.07) is 3.89. The summed E-state index contributed by atoms with van der Waals surface area (Å²) >= 11 is 0. The van der Waals surface area contributed by atoms with E-state index in [9.17, 15) is 17.6 Å². The van der Waals surface area contributed by atoms with E-state index in [1.807, 2.05) is 0 Å². The average molecular weight is 265 g/mol. The minimum Gasteiger partial charge on any atom is -0.294 e. The largest absolute Gasteiger partial charge is 0.294 e. The molecule has 0 aromatic heterocycles.